The van der Waals surface area contributed by atoms with Crippen molar-refractivity contribution in [3.05, 3.63) is 52.5 Å². The molecule has 0 aliphatic rings. The Balaban J connectivity index is 2.17. The predicted octanol–water partition coefficient (Wildman–Crippen LogP) is 2.05. The van der Waals surface area contributed by atoms with Crippen LogP contribution in [0.2, 0.25) is 0 Å². The first-order valence-corrected chi connectivity index (χ1v) is 5.65. The highest BCUT2D eigenvalue weighted by molar-refractivity contribution is 7.07. The van der Waals surface area contributed by atoms with Crippen molar-refractivity contribution in [2.45, 2.75) is 12.6 Å². The Kier molecular flexibility index (Phi) is 3.26. The van der Waals surface area contributed by atoms with Crippen molar-refractivity contribution in [2.75, 3.05) is 0 Å². The number of hydrogen-bond acceptors (Lipinski definition) is 2. The van der Waals surface area contributed by atoms with Crippen molar-refractivity contribution < 1.29 is 18.5 Å². The van der Waals surface area contributed by atoms with Crippen LogP contribution in [0.3, 0.4) is 0 Å². The van der Waals surface area contributed by atoms with Gasteiger partial charge >= 0.3 is 0 Å². The summed E-state index contributed by atoms with van der Waals surface area (Å²) >= 11 is 1.48. The Labute approximate surface area is 95.4 Å². The van der Waals surface area contributed by atoms with E-state index in [9.17, 15) is 13.9 Å². The Morgan fingerprint density at radius 1 is 1.38 bits per heavy atom. The van der Waals surface area contributed by atoms with Gasteiger partial charge in [-0.1, -0.05) is 17.4 Å². The van der Waals surface area contributed by atoms with Crippen molar-refractivity contribution in [1.82, 2.24) is 0 Å². The number of nitrogens with zero attached hydrogens (tertiary/aromatic N) is 1. The molecule has 1 aromatic carbocycles. The van der Waals surface area contributed by atoms with Crippen LogP contribution in [-0.2, 0) is 6.54 Å². The zero-order valence-corrected chi connectivity index (χ0v) is 9.12. The van der Waals surface area contributed by atoms with Gasteiger partial charge < -0.3 is 5.11 Å². The molecule has 0 amide bonds. The van der Waals surface area contributed by atoms with Crippen LogP contribution in [0.4, 0.5) is 8.78 Å². The first kappa shape index (κ1) is 11.2. The van der Waals surface area contributed by atoms with Crippen LogP contribution in [0, 0.1) is 11.6 Å². The third-order valence-electron chi connectivity index (χ3n) is 2.23. The van der Waals surface area contributed by atoms with Crippen LogP contribution in [0.25, 0.3) is 0 Å². The van der Waals surface area contributed by atoms with Crippen LogP contribution in [-0.4, -0.2) is 5.11 Å². The number of halogens is 2. The monoisotopic (exact) mass is 242 g/mol. The van der Waals surface area contributed by atoms with Gasteiger partial charge in [-0.15, -0.1) is 0 Å². The van der Waals surface area contributed by atoms with Gasteiger partial charge in [0.15, 0.2) is 12.7 Å². The van der Waals surface area contributed by atoms with E-state index in [1.807, 2.05) is 10.9 Å². The fraction of sp³-hybridized carbons (Fsp3) is 0.182. The van der Waals surface area contributed by atoms with Gasteiger partial charge in [-0.25, -0.2) is 8.78 Å². The minimum atomic E-state index is -0.972. The molecular weight excluding hydrogens is 232 g/mol. The van der Waals surface area contributed by atoms with Gasteiger partial charge in [0, 0.05) is 11.6 Å². The largest absolute Gasteiger partial charge is 0.382 e. The summed E-state index contributed by atoms with van der Waals surface area (Å²) in [7, 11) is 0. The standard InChI is InChI=1S/C11H10F2NOS/c12-8-1-2-9(10(13)5-8)11(15)6-14-3-4-16-7-14/h1-5,7,11,15H,6H2/q+1. The molecule has 0 spiro atoms. The Morgan fingerprint density at radius 3 is 2.81 bits per heavy atom. The molecule has 1 N–H and O–H groups in total. The number of benzene rings is 1. The summed E-state index contributed by atoms with van der Waals surface area (Å²) in [6.45, 7) is 0.256. The van der Waals surface area contributed by atoms with Crippen molar-refractivity contribution in [3.63, 3.8) is 0 Å². The third-order valence-corrected chi connectivity index (χ3v) is 2.90. The summed E-state index contributed by atoms with van der Waals surface area (Å²) in [5, 5.41) is 11.6. The molecule has 1 heterocycles. The topological polar surface area (TPSA) is 24.1 Å². The molecule has 84 valence electrons. The van der Waals surface area contributed by atoms with E-state index in [1.54, 1.807) is 10.8 Å². The maximum atomic E-state index is 13.3. The minimum Gasteiger partial charge on any atom is -0.382 e. The van der Waals surface area contributed by atoms with E-state index in [4.69, 9.17) is 0 Å². The van der Waals surface area contributed by atoms with Crippen LogP contribution >= 0.6 is 11.3 Å². The van der Waals surface area contributed by atoms with E-state index >= 15 is 0 Å². The summed E-state index contributed by atoms with van der Waals surface area (Å²) in [6, 6.07) is 3.18. The van der Waals surface area contributed by atoms with E-state index in [1.165, 1.54) is 17.4 Å². The maximum absolute atomic E-state index is 13.3. The van der Waals surface area contributed by atoms with Gasteiger partial charge in [-0.2, -0.15) is 4.57 Å². The molecule has 2 nitrogen and oxygen atoms in total. The number of rotatable bonds is 3. The molecule has 1 unspecified atom stereocenters. The molecule has 0 saturated carbocycles. The lowest BCUT2D eigenvalue weighted by Gasteiger charge is -2.07. The van der Waals surface area contributed by atoms with E-state index in [0.29, 0.717) is 0 Å². The van der Waals surface area contributed by atoms with Crippen LogP contribution in [0.1, 0.15) is 11.7 Å². The van der Waals surface area contributed by atoms with E-state index in [-0.39, 0.29) is 12.1 Å². The summed E-state index contributed by atoms with van der Waals surface area (Å²) in [5.41, 5.74) is 1.92. The fourth-order valence-corrected chi connectivity index (χ4v) is 2.04. The van der Waals surface area contributed by atoms with Gasteiger partial charge in [-0.05, 0) is 6.07 Å². The number of thiazole rings is 1. The average molecular weight is 242 g/mol. The molecule has 2 aromatic rings. The molecule has 0 radical (unpaired) electrons. The molecule has 1 aromatic heterocycles. The molecule has 1 atom stereocenters. The van der Waals surface area contributed by atoms with Crippen molar-refractivity contribution in [1.29, 1.82) is 0 Å². The predicted molar refractivity (Wildman–Crippen MR) is 55.8 cm³/mol. The molecule has 0 fully saturated rings. The molecule has 5 heteroatoms. The van der Waals surface area contributed by atoms with E-state index in [0.717, 1.165) is 12.1 Å². The summed E-state index contributed by atoms with van der Waals surface area (Å²) in [4.78, 5) is 0. The van der Waals surface area contributed by atoms with Gasteiger partial charge in [0.05, 0.1) is 5.38 Å². The van der Waals surface area contributed by atoms with Gasteiger partial charge in [0.25, 0.3) is 0 Å². The SMILES string of the molecule is OC(C[n+]1ccsc1)c1ccc(F)cc1F. The molecule has 0 aliphatic heterocycles. The second kappa shape index (κ2) is 4.67. The lowest BCUT2D eigenvalue weighted by molar-refractivity contribution is -0.700. The second-order valence-electron chi connectivity index (χ2n) is 3.41. The lowest BCUT2D eigenvalue weighted by atomic mass is 10.1. The molecule has 2 rings (SSSR count). The van der Waals surface area contributed by atoms with Gasteiger partial charge in [0.1, 0.15) is 17.7 Å². The highest BCUT2D eigenvalue weighted by Crippen LogP contribution is 2.18. The first-order valence-electron chi connectivity index (χ1n) is 4.71. The zero-order valence-electron chi connectivity index (χ0n) is 8.31. The van der Waals surface area contributed by atoms with E-state index < -0.39 is 17.7 Å². The number of hydrogen-bond donors (Lipinski definition) is 1. The molecule has 16 heavy (non-hydrogen) atoms. The van der Waals surface area contributed by atoms with Crippen molar-refractivity contribution in [3.8, 4) is 0 Å². The van der Waals surface area contributed by atoms with Gasteiger partial charge in [-0.3, -0.25) is 0 Å². The molecule has 0 aliphatic carbocycles. The average Bonchev–Trinajstić information content (AvgIpc) is 2.70. The number of aromatic nitrogens is 1. The van der Waals surface area contributed by atoms with Crippen molar-refractivity contribution >= 4 is 11.3 Å². The van der Waals surface area contributed by atoms with Gasteiger partial charge in [0.2, 0.25) is 5.51 Å². The Bertz CT molecular complexity index is 473. The lowest BCUT2D eigenvalue weighted by Crippen LogP contribution is -2.33. The normalized spacial score (nSPS) is 12.7. The first-order chi connectivity index (χ1) is 7.66. The summed E-state index contributed by atoms with van der Waals surface area (Å²) in [5.74, 6) is -1.36. The minimum absolute atomic E-state index is 0.111. The second-order valence-corrected chi connectivity index (χ2v) is 4.16. The highest BCUT2D eigenvalue weighted by Gasteiger charge is 2.17. The van der Waals surface area contributed by atoms with Crippen LogP contribution in [0.15, 0.2) is 35.3 Å². The van der Waals surface area contributed by atoms with Crippen molar-refractivity contribution in [2.24, 2.45) is 0 Å². The van der Waals surface area contributed by atoms with E-state index in [2.05, 4.69) is 0 Å². The van der Waals surface area contributed by atoms with Crippen LogP contribution < -0.4 is 4.57 Å². The quantitative estimate of drug-likeness (QED) is 0.818. The maximum Gasteiger partial charge on any atom is 0.224 e. The molecular formula is C11H10F2NOS+. The fourth-order valence-electron chi connectivity index (χ4n) is 1.44. The summed E-state index contributed by atoms with van der Waals surface area (Å²) in [6.07, 6.45) is 0.815. The smallest absolute Gasteiger partial charge is 0.224 e. The Morgan fingerprint density at radius 2 is 2.19 bits per heavy atom. The number of aliphatic hydroxyl groups is 1. The summed E-state index contributed by atoms with van der Waals surface area (Å²) < 4.78 is 27.7. The zero-order chi connectivity index (χ0) is 11.5. The highest BCUT2D eigenvalue weighted by atomic mass is 32.1. The molecule has 0 saturated heterocycles. The van der Waals surface area contributed by atoms with Crippen LogP contribution in [0.5, 0.6) is 0 Å². The Hall–Kier alpha value is -1.33. The number of aliphatic hydroxyl groups excluding tert-OH is 1. The molecule has 0 bridgehead atoms. The third kappa shape index (κ3) is 2.43.